The zero-order valence-corrected chi connectivity index (χ0v) is 20.5. The van der Waals surface area contributed by atoms with E-state index in [4.69, 9.17) is 9.97 Å². The third-order valence-electron chi connectivity index (χ3n) is 6.80. The summed E-state index contributed by atoms with van der Waals surface area (Å²) >= 11 is 0. The number of nitrogens with zero attached hydrogens (tertiary/aromatic N) is 4. The van der Waals surface area contributed by atoms with Crippen molar-refractivity contribution in [2.24, 2.45) is 0 Å². The Morgan fingerprint density at radius 1 is 0.342 bits per heavy atom. The second-order valence-electron chi connectivity index (χ2n) is 9.21. The highest BCUT2D eigenvalue weighted by molar-refractivity contribution is 6.04. The summed E-state index contributed by atoms with van der Waals surface area (Å²) in [5.41, 5.74) is 8.88. The van der Waals surface area contributed by atoms with Crippen LogP contribution < -0.4 is 0 Å². The molecule has 0 aliphatic heterocycles. The Morgan fingerprint density at radius 2 is 0.789 bits per heavy atom. The Kier molecular flexibility index (Phi) is 5.41. The Bertz CT molecular complexity index is 1880. The van der Waals surface area contributed by atoms with E-state index in [0.29, 0.717) is 5.82 Å². The highest BCUT2D eigenvalue weighted by Crippen LogP contribution is 2.29. The van der Waals surface area contributed by atoms with Gasteiger partial charge in [-0.2, -0.15) is 0 Å². The summed E-state index contributed by atoms with van der Waals surface area (Å²) in [6.45, 7) is 0. The quantitative estimate of drug-likeness (QED) is 0.235. The predicted molar refractivity (Wildman–Crippen MR) is 154 cm³/mol. The number of hydrogen-bond acceptors (Lipinski definition) is 4. The molecule has 4 heteroatoms. The lowest BCUT2D eigenvalue weighted by molar-refractivity contribution is 1.15. The number of aromatic nitrogens is 4. The lowest BCUT2D eigenvalue weighted by atomic mass is 10.0. The van der Waals surface area contributed by atoms with Crippen molar-refractivity contribution in [2.75, 3.05) is 0 Å². The minimum absolute atomic E-state index is 0.591. The zero-order valence-electron chi connectivity index (χ0n) is 20.5. The average Bonchev–Trinajstić information content (AvgIpc) is 3.01. The molecule has 0 spiro atoms. The van der Waals surface area contributed by atoms with Crippen molar-refractivity contribution in [3.8, 4) is 45.0 Å². The summed E-state index contributed by atoms with van der Waals surface area (Å²) in [4.78, 5) is 19.3. The lowest BCUT2D eigenvalue weighted by Crippen LogP contribution is -1.94. The van der Waals surface area contributed by atoms with Crippen molar-refractivity contribution in [1.29, 1.82) is 0 Å². The highest BCUT2D eigenvalue weighted by Gasteiger charge is 2.10. The van der Waals surface area contributed by atoms with Gasteiger partial charge >= 0.3 is 0 Å². The molecule has 0 atom stereocenters. The number of pyridine rings is 2. The lowest BCUT2D eigenvalue weighted by Gasteiger charge is -2.08. The monoisotopic (exact) mass is 486 g/mol. The molecule has 0 bridgehead atoms. The molecule has 178 valence electrons. The first-order valence-electron chi connectivity index (χ1n) is 12.6. The van der Waals surface area contributed by atoms with Crippen molar-refractivity contribution in [3.63, 3.8) is 0 Å². The molecule has 4 aromatic carbocycles. The van der Waals surface area contributed by atoms with E-state index in [2.05, 4.69) is 101 Å². The van der Waals surface area contributed by atoms with E-state index in [1.165, 1.54) is 11.1 Å². The molecule has 0 N–H and O–H groups in total. The SMILES string of the molecule is c1ccc(-c2ccc(-c3cnc(-c4ccc5ccc6ccc(-c7ccccc7)nc6c5n4)nc3)cc2)cc1. The Labute approximate surface area is 220 Å². The third kappa shape index (κ3) is 4.08. The molecule has 0 radical (unpaired) electrons. The average molecular weight is 487 g/mol. The summed E-state index contributed by atoms with van der Waals surface area (Å²) in [7, 11) is 0. The fourth-order valence-corrected chi connectivity index (χ4v) is 4.76. The van der Waals surface area contributed by atoms with Crippen LogP contribution in [0.3, 0.4) is 0 Å². The first-order valence-corrected chi connectivity index (χ1v) is 12.6. The van der Waals surface area contributed by atoms with Crippen molar-refractivity contribution in [1.82, 2.24) is 19.9 Å². The van der Waals surface area contributed by atoms with Gasteiger partial charge in [0.05, 0.1) is 16.7 Å². The van der Waals surface area contributed by atoms with Crippen LogP contribution in [0.4, 0.5) is 0 Å². The largest absolute Gasteiger partial charge is 0.245 e. The van der Waals surface area contributed by atoms with Crippen molar-refractivity contribution in [3.05, 3.63) is 134 Å². The van der Waals surface area contributed by atoms with Gasteiger partial charge in [-0.3, -0.25) is 0 Å². The van der Waals surface area contributed by atoms with Gasteiger partial charge in [0.2, 0.25) is 0 Å². The Morgan fingerprint density at radius 3 is 1.39 bits per heavy atom. The molecular formula is C34H22N4. The molecule has 0 unspecified atom stereocenters. The van der Waals surface area contributed by atoms with Gasteiger partial charge in [-0.15, -0.1) is 0 Å². The van der Waals surface area contributed by atoms with Crippen LogP contribution in [0.15, 0.2) is 134 Å². The van der Waals surface area contributed by atoms with Crippen LogP contribution in [-0.2, 0) is 0 Å². The van der Waals surface area contributed by atoms with E-state index in [1.807, 2.05) is 42.7 Å². The Balaban J connectivity index is 1.23. The zero-order chi connectivity index (χ0) is 25.3. The van der Waals surface area contributed by atoms with E-state index < -0.39 is 0 Å². The molecule has 0 aliphatic carbocycles. The summed E-state index contributed by atoms with van der Waals surface area (Å²) in [6, 6.07) is 41.4. The van der Waals surface area contributed by atoms with Crippen LogP contribution in [-0.4, -0.2) is 19.9 Å². The van der Waals surface area contributed by atoms with Crippen molar-refractivity contribution >= 4 is 21.8 Å². The van der Waals surface area contributed by atoms with Crippen LogP contribution in [0, 0.1) is 0 Å². The first kappa shape index (κ1) is 22.0. The number of benzene rings is 4. The summed E-state index contributed by atoms with van der Waals surface area (Å²) < 4.78 is 0. The first-order chi connectivity index (χ1) is 18.8. The molecule has 7 rings (SSSR count). The van der Waals surface area contributed by atoms with Gasteiger partial charge in [0, 0.05) is 34.3 Å². The highest BCUT2D eigenvalue weighted by atomic mass is 14.9. The molecule has 0 aliphatic rings. The minimum atomic E-state index is 0.591. The molecule has 7 aromatic rings. The molecule has 0 saturated heterocycles. The second-order valence-corrected chi connectivity index (χ2v) is 9.21. The van der Waals surface area contributed by atoms with Gasteiger partial charge < -0.3 is 0 Å². The van der Waals surface area contributed by atoms with Crippen LogP contribution in [0.1, 0.15) is 0 Å². The Hall–Kier alpha value is -5.22. The van der Waals surface area contributed by atoms with Gasteiger partial charge in [0.15, 0.2) is 5.82 Å². The van der Waals surface area contributed by atoms with E-state index >= 15 is 0 Å². The fourth-order valence-electron chi connectivity index (χ4n) is 4.76. The molecule has 38 heavy (non-hydrogen) atoms. The van der Waals surface area contributed by atoms with Gasteiger partial charge in [-0.1, -0.05) is 109 Å². The van der Waals surface area contributed by atoms with Gasteiger partial charge in [-0.05, 0) is 28.8 Å². The number of rotatable bonds is 4. The van der Waals surface area contributed by atoms with E-state index in [0.717, 1.165) is 49.9 Å². The van der Waals surface area contributed by atoms with E-state index in [-0.39, 0.29) is 0 Å². The molecule has 0 saturated carbocycles. The summed E-state index contributed by atoms with van der Waals surface area (Å²) in [6.07, 6.45) is 3.72. The maximum Gasteiger partial charge on any atom is 0.178 e. The van der Waals surface area contributed by atoms with Crippen LogP contribution in [0.5, 0.6) is 0 Å². The maximum absolute atomic E-state index is 4.99. The summed E-state index contributed by atoms with van der Waals surface area (Å²) in [5.74, 6) is 0.591. The van der Waals surface area contributed by atoms with Crippen LogP contribution in [0.2, 0.25) is 0 Å². The maximum atomic E-state index is 4.99. The molecule has 0 fully saturated rings. The van der Waals surface area contributed by atoms with Crippen molar-refractivity contribution < 1.29 is 0 Å². The van der Waals surface area contributed by atoms with E-state index in [9.17, 15) is 0 Å². The minimum Gasteiger partial charge on any atom is -0.245 e. The van der Waals surface area contributed by atoms with Gasteiger partial charge in [0.1, 0.15) is 5.69 Å². The normalized spacial score (nSPS) is 11.2. The smallest absolute Gasteiger partial charge is 0.178 e. The number of hydrogen-bond donors (Lipinski definition) is 0. The standard InChI is InChI=1S/C34H22N4/c1-3-7-23(8-4-1)24-11-13-25(14-12-24)29-21-35-34(36-22-29)31-20-18-28-16-15-27-17-19-30(26-9-5-2-6-10-26)37-32(27)33(28)38-31/h1-22H. The molecular weight excluding hydrogens is 464 g/mol. The second kappa shape index (κ2) is 9.34. The van der Waals surface area contributed by atoms with E-state index in [1.54, 1.807) is 0 Å². The molecule has 0 amide bonds. The summed E-state index contributed by atoms with van der Waals surface area (Å²) in [5, 5.41) is 2.09. The van der Waals surface area contributed by atoms with Crippen LogP contribution >= 0.6 is 0 Å². The van der Waals surface area contributed by atoms with Crippen LogP contribution in [0.25, 0.3) is 66.8 Å². The molecule has 3 heterocycles. The fraction of sp³-hybridized carbons (Fsp3) is 0. The van der Waals surface area contributed by atoms with Crippen molar-refractivity contribution in [2.45, 2.75) is 0 Å². The topological polar surface area (TPSA) is 51.6 Å². The van der Waals surface area contributed by atoms with Gasteiger partial charge in [-0.25, -0.2) is 19.9 Å². The number of fused-ring (bicyclic) bond motifs is 3. The predicted octanol–water partition coefficient (Wildman–Crippen LogP) is 8.24. The third-order valence-corrected chi connectivity index (χ3v) is 6.80. The molecule has 4 nitrogen and oxygen atoms in total. The van der Waals surface area contributed by atoms with Gasteiger partial charge in [0.25, 0.3) is 0 Å². The molecule has 3 aromatic heterocycles.